The first kappa shape index (κ1) is 13.5. The lowest BCUT2D eigenvalue weighted by Crippen LogP contribution is -2.14. The Balaban J connectivity index is 1.87. The fraction of sp³-hybridized carbons (Fsp3) is 0.733. The normalized spacial score (nSPS) is 15.6. The van der Waals surface area contributed by atoms with E-state index in [1.807, 2.05) is 0 Å². The summed E-state index contributed by atoms with van der Waals surface area (Å²) in [6, 6.07) is 0. The van der Waals surface area contributed by atoms with Gasteiger partial charge in [0.05, 0.1) is 6.61 Å². The van der Waals surface area contributed by atoms with Crippen LogP contribution in [0.3, 0.4) is 0 Å². The zero-order valence-corrected chi connectivity index (χ0v) is 11.1. The van der Waals surface area contributed by atoms with Crippen molar-refractivity contribution >= 4 is 0 Å². The molecule has 1 aliphatic rings. The Morgan fingerprint density at radius 2 is 2.00 bits per heavy atom. The largest absolute Gasteiger partial charge is 0.381 e. The van der Waals surface area contributed by atoms with Gasteiger partial charge in [-0.25, -0.2) is 0 Å². The van der Waals surface area contributed by atoms with Crippen LogP contribution in [0.5, 0.6) is 0 Å². The molecule has 0 aromatic rings. The maximum absolute atomic E-state index is 5.64. The second-order valence-electron chi connectivity index (χ2n) is 5.84. The Morgan fingerprint density at radius 1 is 1.19 bits per heavy atom. The van der Waals surface area contributed by atoms with Gasteiger partial charge in [0.2, 0.25) is 0 Å². The van der Waals surface area contributed by atoms with Gasteiger partial charge in [-0.05, 0) is 31.1 Å². The second-order valence-corrected chi connectivity index (χ2v) is 5.84. The average Bonchev–Trinajstić information content (AvgIpc) is 2.67. The predicted octanol–water partition coefficient (Wildman–Crippen LogP) is 4.50. The van der Waals surface area contributed by atoms with Gasteiger partial charge in [0.1, 0.15) is 0 Å². The van der Waals surface area contributed by atoms with E-state index in [9.17, 15) is 0 Å². The number of hydrogen-bond acceptors (Lipinski definition) is 1. The van der Waals surface area contributed by atoms with Crippen LogP contribution in [-0.2, 0) is 4.74 Å². The predicted molar refractivity (Wildman–Crippen MR) is 70.6 cm³/mol. The molecule has 0 fully saturated rings. The minimum Gasteiger partial charge on any atom is -0.381 e. The highest BCUT2D eigenvalue weighted by atomic mass is 16.5. The van der Waals surface area contributed by atoms with Gasteiger partial charge in [-0.3, -0.25) is 0 Å². The van der Waals surface area contributed by atoms with Crippen LogP contribution in [0.2, 0.25) is 0 Å². The van der Waals surface area contributed by atoms with E-state index in [4.69, 9.17) is 4.74 Å². The molecule has 0 bridgehead atoms. The Kier molecular flexibility index (Phi) is 5.83. The van der Waals surface area contributed by atoms with Crippen molar-refractivity contribution in [2.24, 2.45) is 5.41 Å². The van der Waals surface area contributed by atoms with E-state index in [0.717, 1.165) is 19.6 Å². The van der Waals surface area contributed by atoms with Crippen LogP contribution in [0.25, 0.3) is 0 Å². The lowest BCUT2D eigenvalue weighted by Gasteiger charge is -2.17. The number of hydrogen-bond donors (Lipinski definition) is 0. The van der Waals surface area contributed by atoms with Gasteiger partial charge in [-0.1, -0.05) is 51.0 Å². The van der Waals surface area contributed by atoms with Crippen molar-refractivity contribution < 1.29 is 4.74 Å². The fourth-order valence-corrected chi connectivity index (χ4v) is 1.78. The zero-order valence-electron chi connectivity index (χ0n) is 11.1. The average molecular weight is 222 g/mol. The van der Waals surface area contributed by atoms with Gasteiger partial charge in [0.15, 0.2) is 0 Å². The third kappa shape index (κ3) is 6.84. The fourth-order valence-electron chi connectivity index (χ4n) is 1.78. The number of unbranched alkanes of at least 4 members (excludes halogenated alkanes) is 2. The summed E-state index contributed by atoms with van der Waals surface area (Å²) in [5.74, 6) is 0. The lowest BCUT2D eigenvalue weighted by atomic mass is 9.99. The summed E-state index contributed by atoms with van der Waals surface area (Å²) in [5.41, 5.74) is 1.83. The van der Waals surface area contributed by atoms with Crippen LogP contribution < -0.4 is 0 Å². The van der Waals surface area contributed by atoms with Crippen molar-refractivity contribution in [1.29, 1.82) is 0 Å². The summed E-state index contributed by atoms with van der Waals surface area (Å²) in [5, 5.41) is 0. The number of rotatable bonds is 7. The first-order valence-electron chi connectivity index (χ1n) is 6.51. The molecule has 0 aromatic carbocycles. The smallest absolute Gasteiger partial charge is 0.0514 e. The minimum atomic E-state index is 0.305. The summed E-state index contributed by atoms with van der Waals surface area (Å²) in [7, 11) is 0. The molecule has 16 heavy (non-hydrogen) atoms. The first-order chi connectivity index (χ1) is 7.58. The molecule has 0 aliphatic heterocycles. The van der Waals surface area contributed by atoms with Crippen molar-refractivity contribution in [3.05, 3.63) is 23.8 Å². The van der Waals surface area contributed by atoms with E-state index in [1.54, 1.807) is 0 Å². The van der Waals surface area contributed by atoms with Crippen molar-refractivity contribution in [2.45, 2.75) is 52.9 Å². The summed E-state index contributed by atoms with van der Waals surface area (Å²) < 4.78 is 5.64. The third-order valence-electron chi connectivity index (χ3n) is 2.64. The molecule has 0 N–H and O–H groups in total. The van der Waals surface area contributed by atoms with Gasteiger partial charge >= 0.3 is 0 Å². The lowest BCUT2D eigenvalue weighted by molar-refractivity contribution is 0.0687. The van der Waals surface area contributed by atoms with Gasteiger partial charge in [-0.2, -0.15) is 0 Å². The highest BCUT2D eigenvalue weighted by Gasteiger charge is 2.09. The highest BCUT2D eigenvalue weighted by molar-refractivity contribution is 5.25. The molecule has 1 heteroatoms. The highest BCUT2D eigenvalue weighted by Crippen LogP contribution is 2.17. The van der Waals surface area contributed by atoms with Crippen LogP contribution in [-0.4, -0.2) is 13.2 Å². The molecule has 0 saturated heterocycles. The number of allylic oxidation sites excluding steroid dienone is 4. The van der Waals surface area contributed by atoms with Crippen molar-refractivity contribution in [2.75, 3.05) is 13.2 Å². The molecule has 0 spiro atoms. The van der Waals surface area contributed by atoms with Crippen LogP contribution in [0.4, 0.5) is 0 Å². The molecule has 0 unspecified atom stereocenters. The molecule has 1 aliphatic carbocycles. The Hall–Kier alpha value is -0.560. The molecule has 0 saturated carbocycles. The minimum absolute atomic E-state index is 0.305. The Bertz CT molecular complexity index is 243. The van der Waals surface area contributed by atoms with E-state index >= 15 is 0 Å². The van der Waals surface area contributed by atoms with Crippen LogP contribution >= 0.6 is 0 Å². The summed E-state index contributed by atoms with van der Waals surface area (Å²) in [4.78, 5) is 0. The summed E-state index contributed by atoms with van der Waals surface area (Å²) in [6.07, 6.45) is 13.0. The SMILES string of the molecule is CC(C)(C)COCCCCCC1=CCC=C1. The summed E-state index contributed by atoms with van der Waals surface area (Å²) >= 11 is 0. The maximum atomic E-state index is 5.64. The van der Waals surface area contributed by atoms with Gasteiger partial charge in [0.25, 0.3) is 0 Å². The molecule has 0 atom stereocenters. The maximum Gasteiger partial charge on any atom is 0.0514 e. The standard InChI is InChI=1S/C15H26O/c1-15(2,3)13-16-12-8-4-5-9-14-10-6-7-11-14/h6,10-11H,4-5,7-9,12-13H2,1-3H3. The monoisotopic (exact) mass is 222 g/mol. The van der Waals surface area contributed by atoms with Crippen molar-refractivity contribution in [3.8, 4) is 0 Å². The van der Waals surface area contributed by atoms with Crippen LogP contribution in [0, 0.1) is 5.41 Å². The first-order valence-corrected chi connectivity index (χ1v) is 6.51. The molecule has 0 aromatic heterocycles. The molecule has 0 amide bonds. The van der Waals surface area contributed by atoms with Crippen molar-refractivity contribution in [3.63, 3.8) is 0 Å². The van der Waals surface area contributed by atoms with Gasteiger partial charge < -0.3 is 4.74 Å². The van der Waals surface area contributed by atoms with Crippen LogP contribution in [0.1, 0.15) is 52.9 Å². The molecule has 0 heterocycles. The van der Waals surface area contributed by atoms with Crippen molar-refractivity contribution in [1.82, 2.24) is 0 Å². The number of ether oxygens (including phenoxy) is 1. The quantitative estimate of drug-likeness (QED) is 0.576. The van der Waals surface area contributed by atoms with E-state index in [0.29, 0.717) is 5.41 Å². The molecule has 1 rings (SSSR count). The zero-order chi connectivity index (χ0) is 11.9. The molecular weight excluding hydrogens is 196 g/mol. The van der Waals surface area contributed by atoms with Gasteiger partial charge in [0, 0.05) is 6.61 Å². The summed E-state index contributed by atoms with van der Waals surface area (Å²) in [6.45, 7) is 8.44. The molecule has 0 radical (unpaired) electrons. The third-order valence-corrected chi connectivity index (χ3v) is 2.64. The Labute approximate surface area is 101 Å². The van der Waals surface area contributed by atoms with Crippen LogP contribution in [0.15, 0.2) is 23.8 Å². The van der Waals surface area contributed by atoms with E-state index in [-0.39, 0.29) is 0 Å². The van der Waals surface area contributed by atoms with Gasteiger partial charge in [-0.15, -0.1) is 0 Å². The Morgan fingerprint density at radius 3 is 2.62 bits per heavy atom. The topological polar surface area (TPSA) is 9.23 Å². The molecule has 1 nitrogen and oxygen atoms in total. The van der Waals surface area contributed by atoms with E-state index in [1.165, 1.54) is 31.3 Å². The molecular formula is C15H26O. The van der Waals surface area contributed by atoms with E-state index < -0.39 is 0 Å². The van der Waals surface area contributed by atoms with E-state index in [2.05, 4.69) is 39.0 Å². The molecule has 92 valence electrons. The second kappa shape index (κ2) is 6.90.